The number of carbonyl (C=O) groups is 1. The van der Waals surface area contributed by atoms with Gasteiger partial charge in [-0.15, -0.1) is 0 Å². The van der Waals surface area contributed by atoms with Crippen LogP contribution in [-0.4, -0.2) is 32.4 Å². The number of aromatic nitrogens is 4. The molecule has 0 atom stereocenters. The first-order valence-corrected chi connectivity index (χ1v) is 10.9. The van der Waals surface area contributed by atoms with Crippen molar-refractivity contribution in [3.05, 3.63) is 71.7 Å². The number of carbonyl (C=O) groups excluding carboxylic acids is 1. The Morgan fingerprint density at radius 3 is 2.82 bits per heavy atom. The molecular weight excluding hydrogens is 437 g/mol. The van der Waals surface area contributed by atoms with E-state index < -0.39 is 11.7 Å². The third-order valence-corrected chi connectivity index (χ3v) is 5.76. The van der Waals surface area contributed by atoms with Crippen molar-refractivity contribution < 1.29 is 13.9 Å². The minimum Gasteiger partial charge on any atom is -0.494 e. The highest BCUT2D eigenvalue weighted by atomic mass is 19.1. The van der Waals surface area contributed by atoms with Gasteiger partial charge in [-0.25, -0.2) is 19.3 Å². The summed E-state index contributed by atoms with van der Waals surface area (Å²) in [4.78, 5) is 25.4. The van der Waals surface area contributed by atoms with Crippen molar-refractivity contribution >= 4 is 28.9 Å². The topological polar surface area (TPSA) is 119 Å². The molecule has 10 heteroatoms. The molecule has 0 radical (unpaired) electrons. The Hall–Kier alpha value is -4.21. The normalized spacial score (nSPS) is 13.1. The van der Waals surface area contributed by atoms with E-state index in [9.17, 15) is 9.18 Å². The molecule has 9 nitrogen and oxygen atoms in total. The Balaban J connectivity index is 1.22. The number of methoxy groups -OCH3 is 1. The van der Waals surface area contributed by atoms with Gasteiger partial charge in [0.15, 0.2) is 11.6 Å². The molecule has 174 valence electrons. The second-order valence-corrected chi connectivity index (χ2v) is 8.25. The van der Waals surface area contributed by atoms with Gasteiger partial charge >= 0.3 is 0 Å². The second-order valence-electron chi connectivity index (χ2n) is 8.25. The van der Waals surface area contributed by atoms with E-state index in [0.717, 1.165) is 11.3 Å². The van der Waals surface area contributed by atoms with E-state index in [1.165, 1.54) is 44.0 Å². The number of fused-ring (bicyclic) bond motifs is 1. The number of pyridine rings is 1. The first kappa shape index (κ1) is 21.6. The summed E-state index contributed by atoms with van der Waals surface area (Å²) in [5, 5.41) is 5.85. The Labute approximate surface area is 195 Å². The minimum absolute atomic E-state index is 0.0289. The van der Waals surface area contributed by atoms with Gasteiger partial charge in [0.2, 0.25) is 5.91 Å². The molecule has 0 unspecified atom stereocenters. The maximum absolute atomic E-state index is 14.5. The summed E-state index contributed by atoms with van der Waals surface area (Å²) in [5.74, 6) is 0.400. The van der Waals surface area contributed by atoms with E-state index >= 15 is 0 Å². The molecule has 1 aliphatic carbocycles. The number of halogens is 1. The minimum atomic E-state index is -0.653. The summed E-state index contributed by atoms with van der Waals surface area (Å²) >= 11 is 0. The smallest absolute Gasteiger partial charge is 0.230 e. The number of hydrogen-bond acceptors (Lipinski definition) is 7. The number of rotatable bonds is 8. The summed E-state index contributed by atoms with van der Waals surface area (Å²) < 4.78 is 21.5. The fourth-order valence-electron chi connectivity index (χ4n) is 3.81. The summed E-state index contributed by atoms with van der Waals surface area (Å²) in [7, 11) is 1.35. The number of anilines is 3. The van der Waals surface area contributed by atoms with E-state index in [0.29, 0.717) is 18.3 Å². The summed E-state index contributed by atoms with van der Waals surface area (Å²) in [6.45, 7) is 0.455. The molecule has 5 rings (SSSR count). The Kier molecular flexibility index (Phi) is 5.70. The highest BCUT2D eigenvalue weighted by Crippen LogP contribution is 2.39. The predicted molar refractivity (Wildman–Crippen MR) is 126 cm³/mol. The van der Waals surface area contributed by atoms with E-state index in [4.69, 9.17) is 10.5 Å². The Bertz CT molecular complexity index is 1370. The number of hydrogen-bond donors (Lipinski definition) is 3. The van der Waals surface area contributed by atoms with Crippen LogP contribution in [0, 0.1) is 5.82 Å². The first-order chi connectivity index (χ1) is 16.5. The molecule has 1 aliphatic rings. The molecule has 34 heavy (non-hydrogen) atoms. The largest absolute Gasteiger partial charge is 0.494 e. The van der Waals surface area contributed by atoms with Gasteiger partial charge in [-0.05, 0) is 42.5 Å². The van der Waals surface area contributed by atoms with Gasteiger partial charge in [0, 0.05) is 29.7 Å². The number of imidazole rings is 1. The average Bonchev–Trinajstić information content (AvgIpc) is 3.60. The van der Waals surface area contributed by atoms with Crippen LogP contribution >= 0.6 is 0 Å². The lowest BCUT2D eigenvalue weighted by Gasteiger charge is -2.11. The van der Waals surface area contributed by atoms with Crippen molar-refractivity contribution in [3.63, 3.8) is 0 Å². The molecule has 1 fully saturated rings. The van der Waals surface area contributed by atoms with Crippen LogP contribution in [0.25, 0.3) is 5.65 Å². The summed E-state index contributed by atoms with van der Waals surface area (Å²) in [6.07, 6.45) is 7.72. The molecular formula is C24H24FN7O2. The van der Waals surface area contributed by atoms with Crippen molar-refractivity contribution in [2.75, 3.05) is 23.5 Å². The average molecular weight is 462 g/mol. The van der Waals surface area contributed by atoms with Crippen LogP contribution in [0.2, 0.25) is 0 Å². The number of nitrogens with two attached hydrogens (primary N) is 1. The van der Waals surface area contributed by atoms with Crippen molar-refractivity contribution in [3.8, 4) is 5.75 Å². The molecule has 4 aromatic rings. The number of nitrogens with one attached hydrogen (secondary N) is 2. The number of benzene rings is 1. The molecule has 1 saturated carbocycles. The quantitative estimate of drug-likeness (QED) is 0.344. The molecule has 3 aromatic heterocycles. The lowest BCUT2D eigenvalue weighted by molar-refractivity contribution is -0.115. The molecule has 3 heterocycles. The van der Waals surface area contributed by atoms with Crippen LogP contribution in [0.15, 0.2) is 49.1 Å². The van der Waals surface area contributed by atoms with Crippen LogP contribution in [-0.2, 0) is 17.8 Å². The Morgan fingerprint density at radius 2 is 2.03 bits per heavy atom. The number of nitrogens with zero attached hydrogens (tertiary/aromatic N) is 4. The van der Waals surface area contributed by atoms with Crippen LogP contribution in [0.4, 0.5) is 21.7 Å². The maximum Gasteiger partial charge on any atom is 0.230 e. The van der Waals surface area contributed by atoms with Crippen LogP contribution in [0.3, 0.4) is 0 Å². The molecule has 0 spiro atoms. The van der Waals surface area contributed by atoms with Crippen LogP contribution < -0.4 is 21.1 Å². The highest BCUT2D eigenvalue weighted by Gasteiger charge is 2.23. The van der Waals surface area contributed by atoms with Gasteiger partial charge < -0.3 is 25.5 Å². The predicted octanol–water partition coefficient (Wildman–Crippen LogP) is 3.52. The van der Waals surface area contributed by atoms with Crippen molar-refractivity contribution in [1.29, 1.82) is 0 Å². The molecule has 0 bridgehead atoms. The summed E-state index contributed by atoms with van der Waals surface area (Å²) in [6, 6.07) is 8.70. The van der Waals surface area contributed by atoms with Gasteiger partial charge in [0.05, 0.1) is 25.8 Å². The zero-order valence-electron chi connectivity index (χ0n) is 18.6. The highest BCUT2D eigenvalue weighted by molar-refractivity contribution is 5.92. The third kappa shape index (κ3) is 4.61. The van der Waals surface area contributed by atoms with E-state index in [1.54, 1.807) is 6.07 Å². The molecule has 4 N–H and O–H groups in total. The molecule has 1 amide bonds. The number of ether oxygens (including phenoxy) is 1. The molecule has 0 saturated heterocycles. The molecule has 0 aliphatic heterocycles. The zero-order chi connectivity index (χ0) is 23.7. The van der Waals surface area contributed by atoms with Crippen molar-refractivity contribution in [1.82, 2.24) is 19.4 Å². The maximum atomic E-state index is 14.5. The van der Waals surface area contributed by atoms with Crippen molar-refractivity contribution in [2.24, 2.45) is 0 Å². The second kappa shape index (κ2) is 8.97. The van der Waals surface area contributed by atoms with Gasteiger partial charge in [0.25, 0.3) is 0 Å². The number of nitrogen functional groups attached to an aromatic ring is 1. The Morgan fingerprint density at radius 1 is 1.21 bits per heavy atom. The van der Waals surface area contributed by atoms with Crippen LogP contribution in [0.1, 0.15) is 35.6 Å². The van der Waals surface area contributed by atoms with E-state index in [-0.39, 0.29) is 29.2 Å². The monoisotopic (exact) mass is 461 g/mol. The lowest BCUT2D eigenvalue weighted by Crippen LogP contribution is -2.17. The number of amides is 1. The summed E-state index contributed by atoms with van der Waals surface area (Å²) in [5.41, 5.74) is 9.18. The zero-order valence-corrected chi connectivity index (χ0v) is 18.6. The van der Waals surface area contributed by atoms with Crippen LogP contribution in [0.5, 0.6) is 5.75 Å². The fourth-order valence-corrected chi connectivity index (χ4v) is 3.81. The molecule has 1 aromatic carbocycles. The van der Waals surface area contributed by atoms with Crippen molar-refractivity contribution in [2.45, 2.75) is 31.7 Å². The van der Waals surface area contributed by atoms with Gasteiger partial charge in [-0.2, -0.15) is 0 Å². The van der Waals surface area contributed by atoms with E-state index in [1.807, 2.05) is 16.7 Å². The van der Waals surface area contributed by atoms with Gasteiger partial charge in [0.1, 0.15) is 23.6 Å². The standard InChI is InChI=1S/C24H24FN7O2/c1-34-19-6-5-18(26)17(24(19)25)8-23(33)31-21-9-20(28-13-29-21)27-10-16-12-32-11-15(14-2-3-14)4-7-22(32)30-16/h4-7,9,11-14H,2-3,8,10,26H2,1H3,(H2,27,28,29,31,33). The first-order valence-electron chi connectivity index (χ1n) is 10.9. The SMILES string of the molecule is COc1ccc(N)c(CC(=O)Nc2cc(NCc3cn4cc(C5CC5)ccc4n3)ncn2)c1F. The fraction of sp³-hybridized carbons (Fsp3) is 0.250. The lowest BCUT2D eigenvalue weighted by atomic mass is 10.1. The van der Waals surface area contributed by atoms with Gasteiger partial charge in [-0.3, -0.25) is 4.79 Å². The van der Waals surface area contributed by atoms with E-state index in [2.05, 4.69) is 37.8 Å². The third-order valence-electron chi connectivity index (χ3n) is 5.76. The van der Waals surface area contributed by atoms with Gasteiger partial charge in [-0.1, -0.05) is 6.07 Å².